The molecule has 4 nitrogen and oxygen atoms in total. The number of aromatic nitrogens is 1. The number of nitrogens with zero attached hydrogens (tertiary/aromatic N) is 1. The average Bonchev–Trinajstić information content (AvgIpc) is 2.15. The van der Waals surface area contributed by atoms with E-state index in [0.29, 0.717) is 5.69 Å². The molecule has 15 heavy (non-hydrogen) atoms. The highest BCUT2D eigenvalue weighted by Gasteiger charge is 2.02. The number of anilines is 1. The number of nitrogens with one attached hydrogen (secondary N) is 1. The van der Waals surface area contributed by atoms with Crippen LogP contribution in [0.3, 0.4) is 0 Å². The maximum Gasteiger partial charge on any atom is 0.229 e. The summed E-state index contributed by atoms with van der Waals surface area (Å²) in [7, 11) is -3.22. The molecular formula is C10H10N2O2S. The van der Waals surface area contributed by atoms with Gasteiger partial charge in [0.05, 0.1) is 6.26 Å². The molecule has 2 rings (SSSR count). The summed E-state index contributed by atoms with van der Waals surface area (Å²) >= 11 is 0. The van der Waals surface area contributed by atoms with E-state index in [4.69, 9.17) is 0 Å². The fourth-order valence-corrected chi connectivity index (χ4v) is 1.92. The van der Waals surface area contributed by atoms with Crippen LogP contribution in [-0.4, -0.2) is 19.7 Å². The number of pyridine rings is 1. The van der Waals surface area contributed by atoms with Gasteiger partial charge in [-0.15, -0.1) is 0 Å². The molecule has 2 aromatic rings. The monoisotopic (exact) mass is 222 g/mol. The Hall–Kier alpha value is -1.62. The van der Waals surface area contributed by atoms with Crippen LogP contribution < -0.4 is 4.72 Å². The molecular weight excluding hydrogens is 212 g/mol. The zero-order chi connectivity index (χ0) is 10.9. The summed E-state index contributed by atoms with van der Waals surface area (Å²) in [6.07, 6.45) is 4.52. The Balaban J connectivity index is 2.48. The van der Waals surface area contributed by atoms with Crippen molar-refractivity contribution in [3.8, 4) is 0 Å². The van der Waals surface area contributed by atoms with Crippen molar-refractivity contribution in [2.45, 2.75) is 0 Å². The van der Waals surface area contributed by atoms with E-state index in [1.165, 1.54) is 0 Å². The first-order valence-electron chi connectivity index (χ1n) is 4.36. The third-order valence-corrected chi connectivity index (χ3v) is 2.55. The maximum absolute atomic E-state index is 11.0. The lowest BCUT2D eigenvalue weighted by Crippen LogP contribution is -2.09. The first kappa shape index (κ1) is 9.92. The number of rotatable bonds is 2. The molecule has 0 fully saturated rings. The Morgan fingerprint density at radius 3 is 2.73 bits per heavy atom. The lowest BCUT2D eigenvalue weighted by molar-refractivity contribution is 0.607. The average molecular weight is 222 g/mol. The molecule has 1 N–H and O–H groups in total. The number of sulfonamides is 1. The van der Waals surface area contributed by atoms with Crippen molar-refractivity contribution in [2.24, 2.45) is 0 Å². The minimum Gasteiger partial charge on any atom is -0.284 e. The third kappa shape index (κ3) is 2.44. The fourth-order valence-electron chi connectivity index (χ4n) is 1.36. The Labute approximate surface area is 88.0 Å². The first-order valence-corrected chi connectivity index (χ1v) is 6.25. The Bertz CT molecular complexity index is 593. The lowest BCUT2D eigenvalue weighted by Gasteiger charge is -2.04. The van der Waals surface area contributed by atoms with Crippen molar-refractivity contribution in [3.63, 3.8) is 0 Å². The van der Waals surface area contributed by atoms with E-state index in [1.54, 1.807) is 24.5 Å². The molecule has 0 spiro atoms. The standard InChI is InChI=1S/C10H10N2O2S/c1-15(13,14)12-10-3-2-8-4-5-11-7-9(8)6-10/h2-7,12H,1H3. The van der Waals surface area contributed by atoms with Crippen LogP contribution in [0, 0.1) is 0 Å². The first-order chi connectivity index (χ1) is 7.04. The van der Waals surface area contributed by atoms with Crippen LogP contribution >= 0.6 is 0 Å². The smallest absolute Gasteiger partial charge is 0.229 e. The quantitative estimate of drug-likeness (QED) is 0.839. The van der Waals surface area contributed by atoms with E-state index < -0.39 is 10.0 Å². The van der Waals surface area contributed by atoms with Crippen LogP contribution in [0.15, 0.2) is 36.7 Å². The zero-order valence-corrected chi connectivity index (χ0v) is 8.95. The van der Waals surface area contributed by atoms with Gasteiger partial charge >= 0.3 is 0 Å². The van der Waals surface area contributed by atoms with Crippen LogP contribution in [0.25, 0.3) is 10.8 Å². The molecule has 0 aliphatic carbocycles. The van der Waals surface area contributed by atoms with Crippen LogP contribution in [0.4, 0.5) is 5.69 Å². The van der Waals surface area contributed by atoms with Crippen LogP contribution in [0.5, 0.6) is 0 Å². The molecule has 0 aliphatic heterocycles. The second-order valence-electron chi connectivity index (χ2n) is 3.31. The second kappa shape index (κ2) is 3.51. The summed E-state index contributed by atoms with van der Waals surface area (Å²) in [5, 5.41) is 1.94. The van der Waals surface area contributed by atoms with Gasteiger partial charge in [-0.25, -0.2) is 8.42 Å². The van der Waals surface area contributed by atoms with Gasteiger partial charge in [0.15, 0.2) is 0 Å². The molecule has 0 radical (unpaired) electrons. The topological polar surface area (TPSA) is 59.1 Å². The highest BCUT2D eigenvalue weighted by atomic mass is 32.2. The molecule has 1 aromatic carbocycles. The Morgan fingerprint density at radius 1 is 1.20 bits per heavy atom. The summed E-state index contributed by atoms with van der Waals surface area (Å²) < 4.78 is 24.4. The van der Waals surface area contributed by atoms with Crippen molar-refractivity contribution in [1.82, 2.24) is 4.98 Å². The largest absolute Gasteiger partial charge is 0.284 e. The van der Waals surface area contributed by atoms with Gasteiger partial charge in [0.2, 0.25) is 10.0 Å². The summed E-state index contributed by atoms with van der Waals surface area (Å²) in [6, 6.07) is 7.21. The second-order valence-corrected chi connectivity index (χ2v) is 5.06. The van der Waals surface area contributed by atoms with E-state index in [0.717, 1.165) is 17.0 Å². The summed E-state index contributed by atoms with van der Waals surface area (Å²) in [5.74, 6) is 0. The fraction of sp³-hybridized carbons (Fsp3) is 0.100. The van der Waals surface area contributed by atoms with Crippen molar-refractivity contribution in [2.75, 3.05) is 11.0 Å². The van der Waals surface area contributed by atoms with E-state index in [2.05, 4.69) is 9.71 Å². The lowest BCUT2D eigenvalue weighted by atomic mass is 10.2. The maximum atomic E-state index is 11.0. The van der Waals surface area contributed by atoms with E-state index in [9.17, 15) is 8.42 Å². The Morgan fingerprint density at radius 2 is 2.00 bits per heavy atom. The van der Waals surface area contributed by atoms with Crippen molar-refractivity contribution in [1.29, 1.82) is 0 Å². The van der Waals surface area contributed by atoms with Crippen LogP contribution in [-0.2, 0) is 10.0 Å². The van der Waals surface area contributed by atoms with Gasteiger partial charge < -0.3 is 0 Å². The van der Waals surface area contributed by atoms with Crippen LogP contribution in [0.2, 0.25) is 0 Å². The van der Waals surface area contributed by atoms with Gasteiger partial charge in [-0.05, 0) is 23.6 Å². The summed E-state index contributed by atoms with van der Waals surface area (Å²) in [4.78, 5) is 3.97. The summed E-state index contributed by atoms with van der Waals surface area (Å²) in [5.41, 5.74) is 0.554. The van der Waals surface area contributed by atoms with Crippen molar-refractivity contribution < 1.29 is 8.42 Å². The molecule has 0 amide bonds. The zero-order valence-electron chi connectivity index (χ0n) is 8.14. The molecule has 1 aromatic heterocycles. The molecule has 5 heteroatoms. The SMILES string of the molecule is CS(=O)(=O)Nc1ccc2ccncc2c1. The van der Waals surface area contributed by atoms with Crippen molar-refractivity contribution in [3.05, 3.63) is 36.7 Å². The molecule has 0 saturated carbocycles. The number of fused-ring (bicyclic) bond motifs is 1. The van der Waals surface area contributed by atoms with Gasteiger partial charge in [0.25, 0.3) is 0 Å². The predicted molar refractivity (Wildman–Crippen MR) is 60.2 cm³/mol. The van der Waals surface area contributed by atoms with Gasteiger partial charge in [-0.3, -0.25) is 9.71 Å². The number of benzene rings is 1. The summed E-state index contributed by atoms with van der Waals surface area (Å²) in [6.45, 7) is 0. The minimum atomic E-state index is -3.22. The highest BCUT2D eigenvalue weighted by molar-refractivity contribution is 7.92. The van der Waals surface area contributed by atoms with E-state index >= 15 is 0 Å². The van der Waals surface area contributed by atoms with Gasteiger partial charge in [0, 0.05) is 23.5 Å². The van der Waals surface area contributed by atoms with E-state index in [1.807, 2.05) is 12.1 Å². The third-order valence-electron chi connectivity index (χ3n) is 1.94. The predicted octanol–water partition coefficient (Wildman–Crippen LogP) is 1.61. The minimum absolute atomic E-state index is 0.554. The molecule has 1 heterocycles. The van der Waals surface area contributed by atoms with Gasteiger partial charge in [-0.2, -0.15) is 0 Å². The molecule has 0 atom stereocenters. The number of hydrogen-bond acceptors (Lipinski definition) is 3. The van der Waals surface area contributed by atoms with Crippen LogP contribution in [0.1, 0.15) is 0 Å². The molecule has 0 saturated heterocycles. The van der Waals surface area contributed by atoms with Crippen molar-refractivity contribution >= 4 is 26.5 Å². The molecule has 0 unspecified atom stereocenters. The van der Waals surface area contributed by atoms with Gasteiger partial charge in [0.1, 0.15) is 0 Å². The van der Waals surface area contributed by atoms with E-state index in [-0.39, 0.29) is 0 Å². The molecule has 0 bridgehead atoms. The number of hydrogen-bond donors (Lipinski definition) is 1. The van der Waals surface area contributed by atoms with Gasteiger partial charge in [-0.1, -0.05) is 6.07 Å². The Kier molecular flexibility index (Phi) is 2.32. The highest BCUT2D eigenvalue weighted by Crippen LogP contribution is 2.18. The normalized spacial score (nSPS) is 11.5. The molecule has 0 aliphatic rings. The molecule has 78 valence electrons.